The molecule has 2 aliphatic heterocycles. The summed E-state index contributed by atoms with van der Waals surface area (Å²) >= 11 is 0. The second-order valence-electron chi connectivity index (χ2n) is 7.69. The second-order valence-corrected chi connectivity index (χ2v) is 9.63. The summed E-state index contributed by atoms with van der Waals surface area (Å²) in [7, 11) is -3.77. The van der Waals surface area contributed by atoms with Crippen LogP contribution in [0.4, 0.5) is 0 Å². The van der Waals surface area contributed by atoms with Gasteiger partial charge in [-0.3, -0.25) is 4.79 Å². The molecule has 2 heterocycles. The fraction of sp³-hybridized carbons (Fsp3) is 0.600. The zero-order valence-corrected chi connectivity index (χ0v) is 17.9. The van der Waals surface area contributed by atoms with Crippen molar-refractivity contribution >= 4 is 21.9 Å². The van der Waals surface area contributed by atoms with Gasteiger partial charge in [-0.05, 0) is 51.8 Å². The van der Waals surface area contributed by atoms with Gasteiger partial charge in [0.25, 0.3) is 5.91 Å². The zero-order valence-electron chi connectivity index (χ0n) is 17.0. The molecular formula is C20H28N2O6S. The van der Waals surface area contributed by atoms with Crippen LogP contribution >= 0.6 is 0 Å². The van der Waals surface area contributed by atoms with Crippen molar-refractivity contribution in [3.05, 3.63) is 29.8 Å². The number of hydrogen-bond donors (Lipinski definition) is 0. The lowest BCUT2D eigenvalue weighted by Crippen LogP contribution is -2.48. The average Bonchev–Trinajstić information content (AvgIpc) is 3.21. The predicted molar refractivity (Wildman–Crippen MR) is 106 cm³/mol. The van der Waals surface area contributed by atoms with E-state index in [1.165, 1.54) is 35.5 Å². The highest BCUT2D eigenvalue weighted by molar-refractivity contribution is 7.89. The van der Waals surface area contributed by atoms with Gasteiger partial charge in [0.1, 0.15) is 0 Å². The van der Waals surface area contributed by atoms with Crippen molar-refractivity contribution in [2.75, 3.05) is 26.2 Å². The van der Waals surface area contributed by atoms with Gasteiger partial charge in [0.15, 0.2) is 6.10 Å². The molecule has 2 aliphatic rings. The molecule has 1 aromatic carbocycles. The van der Waals surface area contributed by atoms with Crippen molar-refractivity contribution in [2.45, 2.75) is 56.8 Å². The molecule has 3 atom stereocenters. The van der Waals surface area contributed by atoms with Crippen LogP contribution in [0.25, 0.3) is 0 Å². The molecule has 8 nitrogen and oxygen atoms in total. The van der Waals surface area contributed by atoms with Gasteiger partial charge in [-0.1, -0.05) is 6.07 Å². The first-order valence-corrected chi connectivity index (χ1v) is 11.4. The molecule has 160 valence electrons. The van der Waals surface area contributed by atoms with Crippen molar-refractivity contribution in [3.8, 4) is 0 Å². The first-order valence-electron chi connectivity index (χ1n) is 9.94. The van der Waals surface area contributed by atoms with Gasteiger partial charge in [-0.15, -0.1) is 0 Å². The largest absolute Gasteiger partial charge is 0.449 e. The number of amides is 1. The van der Waals surface area contributed by atoms with Crippen molar-refractivity contribution in [3.63, 3.8) is 0 Å². The number of likely N-dealkylation sites (tertiary alicyclic amines) is 1. The van der Waals surface area contributed by atoms with E-state index in [1.54, 1.807) is 4.90 Å². The summed E-state index contributed by atoms with van der Waals surface area (Å²) in [5, 5.41) is 0. The van der Waals surface area contributed by atoms with Crippen LogP contribution in [-0.2, 0) is 24.3 Å². The van der Waals surface area contributed by atoms with E-state index in [9.17, 15) is 18.0 Å². The number of carbonyl (C=O) groups excluding carboxylic acids is 2. The number of sulfonamides is 1. The minimum atomic E-state index is -3.77. The SMILES string of the molecule is C[C@H](OC(=O)c1cccc(S(=O)(=O)N2C[C@H](C)O[C@@H](C)C2)c1)C(=O)N1CCCC1. The third-order valence-corrected chi connectivity index (χ3v) is 6.97. The molecule has 0 saturated carbocycles. The molecule has 1 amide bonds. The summed E-state index contributed by atoms with van der Waals surface area (Å²) in [6.07, 6.45) is 0.566. The van der Waals surface area contributed by atoms with E-state index in [-0.39, 0.29) is 41.7 Å². The fourth-order valence-electron chi connectivity index (χ4n) is 3.73. The Morgan fingerprint density at radius 2 is 1.76 bits per heavy atom. The van der Waals surface area contributed by atoms with E-state index >= 15 is 0 Å². The molecule has 1 aromatic rings. The quantitative estimate of drug-likeness (QED) is 0.668. The predicted octanol–water partition coefficient (Wildman–Crippen LogP) is 1.65. The summed E-state index contributed by atoms with van der Waals surface area (Å²) < 4.78 is 38.3. The van der Waals surface area contributed by atoms with Crippen LogP contribution in [0.1, 0.15) is 44.0 Å². The minimum absolute atomic E-state index is 0.0202. The van der Waals surface area contributed by atoms with Gasteiger partial charge in [0.2, 0.25) is 10.0 Å². The third-order valence-electron chi connectivity index (χ3n) is 5.14. The molecular weight excluding hydrogens is 396 g/mol. The molecule has 0 aromatic heterocycles. The number of benzene rings is 1. The van der Waals surface area contributed by atoms with Gasteiger partial charge in [-0.25, -0.2) is 13.2 Å². The number of hydrogen-bond acceptors (Lipinski definition) is 6. The summed E-state index contributed by atoms with van der Waals surface area (Å²) in [6, 6.07) is 5.74. The highest BCUT2D eigenvalue weighted by atomic mass is 32.2. The minimum Gasteiger partial charge on any atom is -0.449 e. The Morgan fingerprint density at radius 3 is 2.38 bits per heavy atom. The molecule has 0 radical (unpaired) electrons. The van der Waals surface area contributed by atoms with Crippen LogP contribution in [0.3, 0.4) is 0 Å². The van der Waals surface area contributed by atoms with E-state index in [4.69, 9.17) is 9.47 Å². The maximum Gasteiger partial charge on any atom is 0.338 e. The maximum atomic E-state index is 13.0. The lowest BCUT2D eigenvalue weighted by atomic mass is 10.2. The fourth-order valence-corrected chi connectivity index (χ4v) is 5.37. The number of esters is 1. The topological polar surface area (TPSA) is 93.2 Å². The van der Waals surface area contributed by atoms with Gasteiger partial charge in [-0.2, -0.15) is 4.31 Å². The Balaban J connectivity index is 1.72. The smallest absolute Gasteiger partial charge is 0.338 e. The first-order chi connectivity index (χ1) is 13.7. The molecule has 0 bridgehead atoms. The highest BCUT2D eigenvalue weighted by Gasteiger charge is 2.33. The van der Waals surface area contributed by atoms with E-state index in [0.29, 0.717) is 13.1 Å². The number of morpholine rings is 1. The van der Waals surface area contributed by atoms with Crippen LogP contribution in [0.15, 0.2) is 29.2 Å². The molecule has 0 N–H and O–H groups in total. The number of rotatable bonds is 5. The van der Waals surface area contributed by atoms with Gasteiger partial charge in [0, 0.05) is 26.2 Å². The van der Waals surface area contributed by atoms with Crippen molar-refractivity contribution in [2.24, 2.45) is 0 Å². The van der Waals surface area contributed by atoms with E-state index in [0.717, 1.165) is 12.8 Å². The van der Waals surface area contributed by atoms with Crippen molar-refractivity contribution in [1.82, 2.24) is 9.21 Å². The highest BCUT2D eigenvalue weighted by Crippen LogP contribution is 2.22. The van der Waals surface area contributed by atoms with E-state index in [2.05, 4.69) is 0 Å². The zero-order chi connectivity index (χ0) is 21.2. The standard InChI is InChI=1S/C20H28N2O6S/c1-14-12-22(13-15(2)27-14)29(25,26)18-8-6-7-17(11-18)20(24)28-16(3)19(23)21-9-4-5-10-21/h6-8,11,14-16H,4-5,9-10,12-13H2,1-3H3/t14-,15-,16-/m0/s1. The summed E-state index contributed by atoms with van der Waals surface area (Å²) in [5.41, 5.74) is 0.0986. The third kappa shape index (κ3) is 4.96. The lowest BCUT2D eigenvalue weighted by molar-refractivity contribution is -0.138. The molecule has 0 aliphatic carbocycles. The normalized spacial score (nSPS) is 24.3. The van der Waals surface area contributed by atoms with E-state index < -0.39 is 22.1 Å². The van der Waals surface area contributed by atoms with Gasteiger partial charge in [0.05, 0.1) is 22.7 Å². The average molecular weight is 425 g/mol. The Kier molecular flexibility index (Phi) is 6.60. The van der Waals surface area contributed by atoms with Crippen LogP contribution in [-0.4, -0.2) is 74.0 Å². The molecule has 0 unspecified atom stereocenters. The lowest BCUT2D eigenvalue weighted by Gasteiger charge is -2.34. The van der Waals surface area contributed by atoms with E-state index in [1.807, 2.05) is 13.8 Å². The molecule has 2 fully saturated rings. The van der Waals surface area contributed by atoms with Crippen LogP contribution in [0.5, 0.6) is 0 Å². The van der Waals surface area contributed by atoms with Crippen molar-refractivity contribution < 1.29 is 27.5 Å². The second kappa shape index (κ2) is 8.81. The maximum absolute atomic E-state index is 13.0. The number of ether oxygens (including phenoxy) is 2. The Bertz CT molecular complexity index is 855. The van der Waals surface area contributed by atoms with Gasteiger partial charge < -0.3 is 14.4 Å². The Morgan fingerprint density at radius 1 is 1.14 bits per heavy atom. The molecule has 0 spiro atoms. The van der Waals surface area contributed by atoms with Crippen molar-refractivity contribution in [1.29, 1.82) is 0 Å². The summed E-state index contributed by atoms with van der Waals surface area (Å²) in [5.74, 6) is -0.943. The van der Waals surface area contributed by atoms with Crippen LogP contribution in [0.2, 0.25) is 0 Å². The first kappa shape index (κ1) is 21.7. The number of nitrogens with zero attached hydrogens (tertiary/aromatic N) is 2. The Labute approximate surface area is 171 Å². The molecule has 29 heavy (non-hydrogen) atoms. The summed E-state index contributed by atoms with van der Waals surface area (Å²) in [6.45, 7) is 7.03. The van der Waals surface area contributed by atoms with Crippen LogP contribution in [0, 0.1) is 0 Å². The van der Waals surface area contributed by atoms with Crippen LogP contribution < -0.4 is 0 Å². The molecule has 3 rings (SSSR count). The molecule has 2 saturated heterocycles. The van der Waals surface area contributed by atoms with Gasteiger partial charge >= 0.3 is 5.97 Å². The number of carbonyl (C=O) groups is 2. The summed E-state index contributed by atoms with van der Waals surface area (Å²) in [4.78, 5) is 26.6. The Hall–Kier alpha value is -1.97. The monoisotopic (exact) mass is 424 g/mol. The molecule has 9 heteroatoms.